The molecule has 0 aliphatic carbocycles. The number of aromatic nitrogens is 4. The Morgan fingerprint density at radius 1 is 1.15 bits per heavy atom. The van der Waals surface area contributed by atoms with E-state index >= 15 is 0 Å². The van der Waals surface area contributed by atoms with Gasteiger partial charge in [0.1, 0.15) is 5.82 Å². The fraction of sp³-hybridized carbons (Fsp3) is 0.235. The maximum Gasteiger partial charge on any atom is 0.249 e. The molecule has 0 bridgehead atoms. The second-order valence-electron chi connectivity index (χ2n) is 5.90. The Kier molecular flexibility index (Phi) is 4.90. The zero-order valence-electron chi connectivity index (χ0n) is 14.7. The van der Waals surface area contributed by atoms with Crippen molar-refractivity contribution in [3.05, 3.63) is 41.7 Å². The number of hydrogen-bond acceptors (Lipinski definition) is 8. The van der Waals surface area contributed by atoms with Crippen LogP contribution < -0.4 is 16.4 Å². The van der Waals surface area contributed by atoms with Crippen LogP contribution >= 0.6 is 11.8 Å². The molecule has 0 spiro atoms. The summed E-state index contributed by atoms with van der Waals surface area (Å²) in [7, 11) is 3.67. The van der Waals surface area contributed by atoms with Gasteiger partial charge in [-0.3, -0.25) is 4.79 Å². The van der Waals surface area contributed by atoms with E-state index in [4.69, 9.17) is 11.5 Å². The smallest absolute Gasteiger partial charge is 0.249 e. The number of hydrogen-bond donors (Lipinski definition) is 2. The molecule has 1 aromatic carbocycles. The van der Waals surface area contributed by atoms with Crippen LogP contribution in [0, 0.1) is 0 Å². The van der Waals surface area contributed by atoms with Gasteiger partial charge in [-0.05, 0) is 19.1 Å². The van der Waals surface area contributed by atoms with Crippen molar-refractivity contribution in [2.75, 3.05) is 24.7 Å². The highest BCUT2D eigenvalue weighted by Gasteiger charge is 2.17. The molecule has 1 atom stereocenters. The first-order valence-electron chi connectivity index (χ1n) is 7.90. The molecule has 3 rings (SSSR count). The summed E-state index contributed by atoms with van der Waals surface area (Å²) in [6.07, 6.45) is 0. The van der Waals surface area contributed by atoms with Crippen molar-refractivity contribution in [1.82, 2.24) is 19.9 Å². The van der Waals surface area contributed by atoms with E-state index in [-0.39, 0.29) is 11.2 Å². The molecule has 0 aliphatic rings. The zero-order valence-corrected chi connectivity index (χ0v) is 15.5. The molecule has 0 saturated heterocycles. The summed E-state index contributed by atoms with van der Waals surface area (Å²) in [6.45, 7) is 1.94. The molecule has 3 aromatic rings. The summed E-state index contributed by atoms with van der Waals surface area (Å²) < 4.78 is 0. The van der Waals surface area contributed by atoms with Crippen molar-refractivity contribution >= 4 is 40.5 Å². The highest BCUT2D eigenvalue weighted by molar-refractivity contribution is 7.99. The number of para-hydroxylation sites is 1. The number of nitrogens with zero attached hydrogens (tertiary/aromatic N) is 5. The monoisotopic (exact) mass is 369 g/mol. The van der Waals surface area contributed by atoms with Gasteiger partial charge in [0, 0.05) is 19.5 Å². The lowest BCUT2D eigenvalue weighted by atomic mass is 10.1. The fourth-order valence-corrected chi connectivity index (χ4v) is 3.34. The molecule has 0 aliphatic heterocycles. The van der Waals surface area contributed by atoms with Crippen LogP contribution in [-0.2, 0) is 0 Å². The van der Waals surface area contributed by atoms with Crippen LogP contribution in [0.4, 0.5) is 11.9 Å². The largest absolute Gasteiger partial charge is 0.368 e. The normalized spacial score (nSPS) is 12.1. The molecule has 2 aromatic heterocycles. The van der Waals surface area contributed by atoms with Crippen LogP contribution in [0.3, 0.4) is 0 Å². The third-order valence-electron chi connectivity index (χ3n) is 3.68. The van der Waals surface area contributed by atoms with E-state index in [9.17, 15) is 4.79 Å². The maximum absolute atomic E-state index is 11.8. The number of carbonyl (C=O) groups is 1. The van der Waals surface area contributed by atoms with Crippen LogP contribution in [0.25, 0.3) is 10.9 Å². The quantitative estimate of drug-likeness (QED) is 0.655. The van der Waals surface area contributed by atoms with Gasteiger partial charge < -0.3 is 16.4 Å². The average Bonchev–Trinajstić information content (AvgIpc) is 2.60. The number of benzene rings is 1. The lowest BCUT2D eigenvalue weighted by molar-refractivity contribution is 0.100. The molecular weight excluding hydrogens is 350 g/mol. The van der Waals surface area contributed by atoms with Gasteiger partial charge in [0.2, 0.25) is 17.8 Å². The van der Waals surface area contributed by atoms with Gasteiger partial charge in [-0.2, -0.15) is 15.0 Å². The third-order valence-corrected chi connectivity index (χ3v) is 4.69. The van der Waals surface area contributed by atoms with E-state index in [1.165, 1.54) is 11.8 Å². The number of nitrogen functional groups attached to an aromatic ring is 1. The number of pyridine rings is 1. The van der Waals surface area contributed by atoms with E-state index < -0.39 is 5.91 Å². The summed E-state index contributed by atoms with van der Waals surface area (Å²) >= 11 is 1.43. The maximum atomic E-state index is 11.8. The van der Waals surface area contributed by atoms with Crippen molar-refractivity contribution in [1.29, 1.82) is 0 Å². The third kappa shape index (κ3) is 3.67. The van der Waals surface area contributed by atoms with E-state index in [0.29, 0.717) is 27.9 Å². The van der Waals surface area contributed by atoms with Crippen LogP contribution in [-0.4, -0.2) is 39.9 Å². The molecule has 8 nitrogen and oxygen atoms in total. The Morgan fingerprint density at radius 3 is 2.58 bits per heavy atom. The number of rotatable bonds is 5. The molecule has 134 valence electrons. The van der Waals surface area contributed by atoms with Crippen LogP contribution in [0.1, 0.15) is 28.4 Å². The summed E-state index contributed by atoms with van der Waals surface area (Å²) in [5.74, 6) is 0.707. The van der Waals surface area contributed by atoms with Gasteiger partial charge in [-0.1, -0.05) is 30.0 Å². The SMILES string of the molecule is C[C@H](Sc1cc(C(N)=O)c2ccccc2n1)c1nc(N)nc(N(C)C)n1. The number of carbonyl (C=O) groups excluding carboxylic acids is 1. The predicted molar refractivity (Wildman–Crippen MR) is 103 cm³/mol. The molecule has 1 amide bonds. The summed E-state index contributed by atoms with van der Waals surface area (Å²) in [4.78, 5) is 30.9. The van der Waals surface area contributed by atoms with E-state index in [1.807, 2.05) is 45.3 Å². The van der Waals surface area contributed by atoms with Gasteiger partial charge in [0.25, 0.3) is 0 Å². The molecule has 26 heavy (non-hydrogen) atoms. The Balaban J connectivity index is 1.97. The molecular formula is C17H19N7OS. The van der Waals surface area contributed by atoms with Crippen molar-refractivity contribution in [3.8, 4) is 0 Å². The number of fused-ring (bicyclic) bond motifs is 1. The minimum atomic E-state index is -0.489. The van der Waals surface area contributed by atoms with Gasteiger partial charge in [-0.25, -0.2) is 4.98 Å². The van der Waals surface area contributed by atoms with Crippen LogP contribution in [0.15, 0.2) is 35.4 Å². The van der Waals surface area contributed by atoms with Crippen molar-refractivity contribution in [3.63, 3.8) is 0 Å². The van der Waals surface area contributed by atoms with Crippen molar-refractivity contribution < 1.29 is 4.79 Å². The molecule has 0 saturated carbocycles. The highest BCUT2D eigenvalue weighted by atomic mass is 32.2. The first-order valence-corrected chi connectivity index (χ1v) is 8.78. The number of primary amides is 1. The Morgan fingerprint density at radius 2 is 1.88 bits per heavy atom. The van der Waals surface area contributed by atoms with E-state index in [2.05, 4.69) is 19.9 Å². The molecule has 2 heterocycles. The number of thioether (sulfide) groups is 1. The van der Waals surface area contributed by atoms with Gasteiger partial charge in [0.05, 0.1) is 21.4 Å². The molecule has 0 unspecified atom stereocenters. The molecule has 0 radical (unpaired) electrons. The molecule has 9 heteroatoms. The Bertz CT molecular complexity index is 976. The standard InChI is InChI=1S/C17H19N7OS/c1-9(15-21-16(19)23-17(22-15)24(2)3)26-13-8-11(14(18)25)10-6-4-5-7-12(10)20-13/h4-9H,1-3H3,(H2,18,25)(H2,19,21,22,23)/t9-/m0/s1. The number of anilines is 2. The Hall–Kier alpha value is -2.94. The summed E-state index contributed by atoms with van der Waals surface area (Å²) in [5.41, 5.74) is 12.5. The number of amides is 1. The second kappa shape index (κ2) is 7.12. The van der Waals surface area contributed by atoms with Crippen molar-refractivity contribution in [2.24, 2.45) is 5.73 Å². The first-order chi connectivity index (χ1) is 12.3. The minimum Gasteiger partial charge on any atom is -0.368 e. The average molecular weight is 369 g/mol. The van der Waals surface area contributed by atoms with E-state index in [1.54, 1.807) is 11.0 Å². The van der Waals surface area contributed by atoms with E-state index in [0.717, 1.165) is 5.39 Å². The van der Waals surface area contributed by atoms with Gasteiger partial charge in [0.15, 0.2) is 0 Å². The predicted octanol–water partition coefficient (Wildman–Crippen LogP) is 2.02. The highest BCUT2D eigenvalue weighted by Crippen LogP contribution is 2.34. The Labute approximate surface area is 155 Å². The molecule has 0 fully saturated rings. The molecule has 4 N–H and O–H groups in total. The second-order valence-corrected chi connectivity index (χ2v) is 7.26. The van der Waals surface area contributed by atoms with Gasteiger partial charge >= 0.3 is 0 Å². The fourth-order valence-electron chi connectivity index (χ4n) is 2.43. The minimum absolute atomic E-state index is 0.145. The summed E-state index contributed by atoms with van der Waals surface area (Å²) in [6, 6.07) is 9.09. The topological polar surface area (TPSA) is 124 Å². The van der Waals surface area contributed by atoms with Gasteiger partial charge in [-0.15, -0.1) is 0 Å². The lowest BCUT2D eigenvalue weighted by Crippen LogP contribution is -2.16. The summed E-state index contributed by atoms with van der Waals surface area (Å²) in [5, 5.41) is 1.25. The van der Waals surface area contributed by atoms with Crippen LogP contribution in [0.5, 0.6) is 0 Å². The van der Waals surface area contributed by atoms with Crippen molar-refractivity contribution in [2.45, 2.75) is 17.2 Å². The lowest BCUT2D eigenvalue weighted by Gasteiger charge is -2.15. The zero-order chi connectivity index (χ0) is 18.8. The number of nitrogens with two attached hydrogens (primary N) is 2. The van der Waals surface area contributed by atoms with Crippen LogP contribution in [0.2, 0.25) is 0 Å². The first kappa shape index (κ1) is 17.9.